The van der Waals surface area contributed by atoms with Crippen molar-refractivity contribution in [3.8, 4) is 11.5 Å². The molecule has 37 heavy (non-hydrogen) atoms. The molecule has 0 spiro atoms. The molecule has 4 heterocycles. The van der Waals surface area contributed by atoms with Gasteiger partial charge in [-0.1, -0.05) is 6.92 Å². The molecule has 0 bridgehead atoms. The number of imidazole rings is 1. The van der Waals surface area contributed by atoms with Gasteiger partial charge in [0.15, 0.2) is 5.82 Å². The first kappa shape index (κ1) is 21.9. The Bertz CT molecular complexity index is 1650. The number of nitrogens with one attached hydrogen (secondary N) is 1. The monoisotopic (exact) mass is 494 g/mol. The highest BCUT2D eigenvalue weighted by Crippen LogP contribution is 2.42. The SMILES string of the molecule is Cc1cc(Nc2ncnc3cnc(N4CCO[C@H]5[C@@H](C)[C@H]54)nc23)ccc1Oc1ccc2c(c1)ncn2C. The van der Waals surface area contributed by atoms with E-state index in [1.807, 2.05) is 54.9 Å². The lowest BCUT2D eigenvalue weighted by Gasteiger charge is -2.26. The van der Waals surface area contributed by atoms with Crippen LogP contribution in [0.3, 0.4) is 0 Å². The summed E-state index contributed by atoms with van der Waals surface area (Å²) in [6.45, 7) is 5.69. The Morgan fingerprint density at radius 3 is 2.86 bits per heavy atom. The second kappa shape index (κ2) is 8.38. The van der Waals surface area contributed by atoms with Crippen LogP contribution in [-0.4, -0.2) is 54.8 Å². The van der Waals surface area contributed by atoms with Crippen LogP contribution in [-0.2, 0) is 11.8 Å². The number of aryl methyl sites for hydroxylation is 2. The molecule has 2 aromatic carbocycles. The van der Waals surface area contributed by atoms with Crippen molar-refractivity contribution in [1.82, 2.24) is 29.5 Å². The highest BCUT2D eigenvalue weighted by Gasteiger charge is 2.54. The number of hydrogen-bond acceptors (Lipinski definition) is 9. The number of rotatable bonds is 5. The van der Waals surface area contributed by atoms with E-state index in [1.54, 1.807) is 12.5 Å². The Hall–Kier alpha value is -4.31. The molecule has 1 aliphatic carbocycles. The number of nitrogens with zero attached hydrogens (tertiary/aromatic N) is 7. The van der Waals surface area contributed by atoms with E-state index in [-0.39, 0.29) is 6.10 Å². The Morgan fingerprint density at radius 2 is 1.97 bits per heavy atom. The van der Waals surface area contributed by atoms with Crippen molar-refractivity contribution in [3.05, 3.63) is 60.8 Å². The van der Waals surface area contributed by atoms with Crippen molar-refractivity contribution in [3.63, 3.8) is 0 Å². The number of hydrogen-bond donors (Lipinski definition) is 1. The summed E-state index contributed by atoms with van der Waals surface area (Å²) in [6, 6.07) is 12.2. The van der Waals surface area contributed by atoms with E-state index in [1.165, 1.54) is 6.33 Å². The van der Waals surface area contributed by atoms with Crippen LogP contribution in [0.1, 0.15) is 12.5 Å². The summed E-state index contributed by atoms with van der Waals surface area (Å²) >= 11 is 0. The number of benzene rings is 2. The minimum Gasteiger partial charge on any atom is -0.457 e. The molecule has 2 aliphatic rings. The van der Waals surface area contributed by atoms with Crippen LogP contribution in [0.2, 0.25) is 0 Å². The molecule has 2 fully saturated rings. The number of anilines is 3. The predicted octanol–water partition coefficient (Wildman–Crippen LogP) is 4.37. The van der Waals surface area contributed by atoms with Gasteiger partial charge in [0.25, 0.3) is 0 Å². The fourth-order valence-electron chi connectivity index (χ4n) is 5.15. The van der Waals surface area contributed by atoms with Gasteiger partial charge in [0.2, 0.25) is 5.95 Å². The molecule has 1 saturated carbocycles. The van der Waals surface area contributed by atoms with Crippen LogP contribution in [0, 0.1) is 12.8 Å². The summed E-state index contributed by atoms with van der Waals surface area (Å²) < 4.78 is 14.0. The number of fused-ring (bicyclic) bond motifs is 3. The minimum atomic E-state index is 0.271. The lowest BCUT2D eigenvalue weighted by atomic mass is 10.2. The van der Waals surface area contributed by atoms with Crippen molar-refractivity contribution in [2.75, 3.05) is 23.4 Å². The number of ether oxygens (including phenoxy) is 2. The molecule has 5 aromatic rings. The molecular formula is C27H26N8O2. The molecule has 10 nitrogen and oxygen atoms in total. The molecule has 1 aliphatic heterocycles. The van der Waals surface area contributed by atoms with E-state index in [0.717, 1.165) is 40.3 Å². The Morgan fingerprint density at radius 1 is 1.05 bits per heavy atom. The number of aromatic nitrogens is 6. The third-order valence-electron chi connectivity index (χ3n) is 7.24. The van der Waals surface area contributed by atoms with Gasteiger partial charge in [-0.05, 0) is 42.8 Å². The summed E-state index contributed by atoms with van der Waals surface area (Å²) in [4.78, 5) is 25.0. The number of morpholine rings is 1. The summed E-state index contributed by atoms with van der Waals surface area (Å²) in [5.41, 5.74) is 5.21. The van der Waals surface area contributed by atoms with Crippen molar-refractivity contribution in [2.24, 2.45) is 13.0 Å². The fraction of sp³-hybridized carbons (Fsp3) is 0.296. The maximum absolute atomic E-state index is 6.17. The van der Waals surface area contributed by atoms with Gasteiger partial charge in [-0.15, -0.1) is 0 Å². The second-order valence-electron chi connectivity index (χ2n) is 9.72. The third kappa shape index (κ3) is 3.80. The Kier molecular flexibility index (Phi) is 4.97. The van der Waals surface area contributed by atoms with Gasteiger partial charge in [-0.3, -0.25) is 0 Å². The molecule has 0 amide bonds. The van der Waals surface area contributed by atoms with E-state index in [4.69, 9.17) is 14.5 Å². The lowest BCUT2D eigenvalue weighted by molar-refractivity contribution is 0.0966. The average molecular weight is 495 g/mol. The highest BCUT2D eigenvalue weighted by atomic mass is 16.5. The summed E-state index contributed by atoms with van der Waals surface area (Å²) in [7, 11) is 1.98. The zero-order valence-corrected chi connectivity index (χ0v) is 20.8. The molecule has 7 rings (SSSR count). The summed E-state index contributed by atoms with van der Waals surface area (Å²) in [6.07, 6.45) is 5.37. The standard InChI is InChI=1S/C27H26N8O2/c1-15-10-17(4-7-22(15)37-18-5-6-21-19(11-18)31-14-34(21)3)32-26-23-20(29-13-30-26)12-28-27(33-23)35-8-9-36-25-16(2)24(25)35/h4-7,10-14,16,24-25H,8-9H2,1-3H3,(H,29,30,32)/t16-,24+,25-/m0/s1. The van der Waals surface area contributed by atoms with Crippen LogP contribution in [0.25, 0.3) is 22.1 Å². The molecule has 10 heteroatoms. The quantitative estimate of drug-likeness (QED) is 0.381. The van der Waals surface area contributed by atoms with Gasteiger partial charge in [0.05, 0.1) is 42.3 Å². The van der Waals surface area contributed by atoms with E-state index >= 15 is 0 Å². The molecule has 1 saturated heterocycles. The normalized spacial score (nSPS) is 20.7. The van der Waals surface area contributed by atoms with Crippen LogP contribution >= 0.6 is 0 Å². The zero-order valence-electron chi connectivity index (χ0n) is 20.8. The molecule has 3 atom stereocenters. The van der Waals surface area contributed by atoms with E-state index in [2.05, 4.69) is 37.1 Å². The van der Waals surface area contributed by atoms with Crippen molar-refractivity contribution >= 4 is 39.5 Å². The molecule has 1 N–H and O–H groups in total. The van der Waals surface area contributed by atoms with Gasteiger partial charge in [0.1, 0.15) is 28.9 Å². The van der Waals surface area contributed by atoms with Gasteiger partial charge < -0.3 is 24.3 Å². The van der Waals surface area contributed by atoms with Crippen LogP contribution in [0.5, 0.6) is 11.5 Å². The highest BCUT2D eigenvalue weighted by molar-refractivity contribution is 5.87. The van der Waals surface area contributed by atoms with E-state index < -0.39 is 0 Å². The predicted molar refractivity (Wildman–Crippen MR) is 140 cm³/mol. The average Bonchev–Trinajstić information content (AvgIpc) is 3.44. The Balaban J connectivity index is 1.14. The summed E-state index contributed by atoms with van der Waals surface area (Å²) in [5.74, 6) is 3.34. The van der Waals surface area contributed by atoms with Gasteiger partial charge in [0, 0.05) is 31.3 Å². The molecule has 0 radical (unpaired) electrons. The maximum Gasteiger partial charge on any atom is 0.226 e. The van der Waals surface area contributed by atoms with Crippen molar-refractivity contribution in [1.29, 1.82) is 0 Å². The Labute approximate surface area is 213 Å². The first-order valence-corrected chi connectivity index (χ1v) is 12.4. The van der Waals surface area contributed by atoms with Crippen molar-refractivity contribution in [2.45, 2.75) is 26.0 Å². The first-order valence-electron chi connectivity index (χ1n) is 12.4. The second-order valence-corrected chi connectivity index (χ2v) is 9.72. The fourth-order valence-corrected chi connectivity index (χ4v) is 5.15. The lowest BCUT2D eigenvalue weighted by Crippen LogP contribution is -2.38. The van der Waals surface area contributed by atoms with E-state index in [0.29, 0.717) is 41.4 Å². The molecule has 3 aromatic heterocycles. The van der Waals surface area contributed by atoms with Crippen LogP contribution < -0.4 is 15.0 Å². The van der Waals surface area contributed by atoms with Gasteiger partial charge in [-0.2, -0.15) is 0 Å². The first-order chi connectivity index (χ1) is 18.0. The maximum atomic E-state index is 6.17. The van der Waals surface area contributed by atoms with Gasteiger partial charge >= 0.3 is 0 Å². The smallest absolute Gasteiger partial charge is 0.226 e. The largest absolute Gasteiger partial charge is 0.457 e. The van der Waals surface area contributed by atoms with E-state index in [9.17, 15) is 0 Å². The van der Waals surface area contributed by atoms with Crippen LogP contribution in [0.15, 0.2) is 55.2 Å². The molecule has 186 valence electrons. The van der Waals surface area contributed by atoms with Crippen molar-refractivity contribution < 1.29 is 9.47 Å². The summed E-state index contributed by atoms with van der Waals surface area (Å²) in [5, 5.41) is 3.41. The third-order valence-corrected chi connectivity index (χ3v) is 7.24. The molecular weight excluding hydrogens is 468 g/mol. The van der Waals surface area contributed by atoms with Crippen LogP contribution in [0.4, 0.5) is 17.5 Å². The zero-order chi connectivity index (χ0) is 25.1. The molecule has 0 unspecified atom stereocenters. The minimum absolute atomic E-state index is 0.271. The van der Waals surface area contributed by atoms with Gasteiger partial charge in [-0.25, -0.2) is 24.9 Å². The topological polar surface area (TPSA) is 103 Å².